The summed E-state index contributed by atoms with van der Waals surface area (Å²) in [5.74, 6) is 0.924. The van der Waals surface area contributed by atoms with E-state index in [9.17, 15) is 5.26 Å². The van der Waals surface area contributed by atoms with Crippen molar-refractivity contribution in [3.8, 4) is 17.2 Å². The molecule has 2 heterocycles. The Hall–Kier alpha value is -3.03. The van der Waals surface area contributed by atoms with E-state index in [1.165, 1.54) is 15.4 Å². The van der Waals surface area contributed by atoms with E-state index < -0.39 is 0 Å². The number of nitrogens with zero attached hydrogens (tertiary/aromatic N) is 2. The SMILES string of the molecule is C=C1Nc2cc(CC)sc2N1Cc1ccc(-c2ccccc2C#N)cc1. The molecular formula is C22H19N3S. The van der Waals surface area contributed by atoms with Gasteiger partial charge in [0.15, 0.2) is 0 Å². The van der Waals surface area contributed by atoms with Crippen LogP contribution in [0.3, 0.4) is 0 Å². The first-order valence-corrected chi connectivity index (χ1v) is 9.46. The van der Waals surface area contributed by atoms with Crippen LogP contribution in [-0.4, -0.2) is 0 Å². The first-order valence-electron chi connectivity index (χ1n) is 8.64. The summed E-state index contributed by atoms with van der Waals surface area (Å²) in [6.07, 6.45) is 1.05. The number of nitrogens with one attached hydrogen (secondary N) is 1. The van der Waals surface area contributed by atoms with E-state index in [1.54, 1.807) is 0 Å². The van der Waals surface area contributed by atoms with Gasteiger partial charge in [-0.1, -0.05) is 56.0 Å². The molecule has 0 bridgehead atoms. The number of nitriles is 1. The van der Waals surface area contributed by atoms with Crippen molar-refractivity contribution in [1.29, 1.82) is 5.26 Å². The van der Waals surface area contributed by atoms with Gasteiger partial charge in [-0.2, -0.15) is 5.26 Å². The molecule has 1 aromatic heterocycles. The molecular weight excluding hydrogens is 338 g/mol. The van der Waals surface area contributed by atoms with E-state index in [0.29, 0.717) is 5.56 Å². The third kappa shape index (κ3) is 2.87. The van der Waals surface area contributed by atoms with Crippen LogP contribution >= 0.6 is 11.3 Å². The average Bonchev–Trinajstić information content (AvgIpc) is 3.20. The van der Waals surface area contributed by atoms with Gasteiger partial charge in [-0.3, -0.25) is 0 Å². The Kier molecular flexibility index (Phi) is 4.24. The number of benzene rings is 2. The van der Waals surface area contributed by atoms with Crippen molar-refractivity contribution in [2.75, 3.05) is 10.2 Å². The standard InChI is InChI=1S/C22H19N3S/c1-3-19-12-21-22(26-19)25(15(2)24-21)14-16-8-10-17(11-9-16)20-7-5-4-6-18(20)13-23/h4-12,24H,2-3,14H2,1H3. The molecule has 0 spiro atoms. The van der Waals surface area contributed by atoms with Crippen molar-refractivity contribution in [3.05, 3.63) is 83.0 Å². The van der Waals surface area contributed by atoms with Crippen LogP contribution in [0.4, 0.5) is 10.7 Å². The number of aryl methyl sites for hydroxylation is 1. The first kappa shape index (κ1) is 16.4. The Balaban J connectivity index is 1.58. The minimum Gasteiger partial charge on any atom is -0.340 e. The van der Waals surface area contributed by atoms with Crippen LogP contribution in [0.15, 0.2) is 67.0 Å². The van der Waals surface area contributed by atoms with Gasteiger partial charge in [0.05, 0.1) is 23.9 Å². The highest BCUT2D eigenvalue weighted by atomic mass is 32.1. The molecule has 4 rings (SSSR count). The quantitative estimate of drug-likeness (QED) is 0.646. The smallest absolute Gasteiger partial charge is 0.121 e. The molecule has 4 heteroatoms. The number of hydrogen-bond donors (Lipinski definition) is 1. The minimum atomic E-state index is 0.702. The highest BCUT2D eigenvalue weighted by Gasteiger charge is 2.25. The van der Waals surface area contributed by atoms with E-state index in [2.05, 4.69) is 60.1 Å². The van der Waals surface area contributed by atoms with Crippen molar-refractivity contribution in [1.82, 2.24) is 0 Å². The summed E-state index contributed by atoms with van der Waals surface area (Å²) in [5.41, 5.74) is 5.12. The highest BCUT2D eigenvalue weighted by molar-refractivity contribution is 7.17. The van der Waals surface area contributed by atoms with Crippen molar-refractivity contribution >= 4 is 22.0 Å². The Labute approximate surface area is 157 Å². The second kappa shape index (κ2) is 6.70. The first-order chi connectivity index (χ1) is 12.7. The number of rotatable bonds is 4. The topological polar surface area (TPSA) is 39.1 Å². The fourth-order valence-corrected chi connectivity index (χ4v) is 4.29. The maximum absolute atomic E-state index is 9.30. The third-order valence-corrected chi connectivity index (χ3v) is 5.92. The molecule has 1 aliphatic heterocycles. The molecule has 0 atom stereocenters. The van der Waals surface area contributed by atoms with Gasteiger partial charge in [-0.15, -0.1) is 11.3 Å². The van der Waals surface area contributed by atoms with Crippen LogP contribution in [0.5, 0.6) is 0 Å². The van der Waals surface area contributed by atoms with Gasteiger partial charge < -0.3 is 10.2 Å². The minimum absolute atomic E-state index is 0.702. The number of fused-ring (bicyclic) bond motifs is 1. The van der Waals surface area contributed by atoms with Crippen LogP contribution in [0, 0.1) is 11.3 Å². The summed E-state index contributed by atoms with van der Waals surface area (Å²) in [6.45, 7) is 7.11. The summed E-state index contributed by atoms with van der Waals surface area (Å²) in [6, 6.07) is 20.6. The van der Waals surface area contributed by atoms with E-state index in [1.807, 2.05) is 35.6 Å². The molecule has 0 aliphatic carbocycles. The van der Waals surface area contributed by atoms with E-state index >= 15 is 0 Å². The van der Waals surface area contributed by atoms with Gasteiger partial charge in [0.25, 0.3) is 0 Å². The summed E-state index contributed by atoms with van der Waals surface area (Å²) >= 11 is 1.82. The van der Waals surface area contributed by atoms with Gasteiger partial charge in [-0.25, -0.2) is 0 Å². The van der Waals surface area contributed by atoms with Crippen molar-refractivity contribution in [2.45, 2.75) is 19.9 Å². The lowest BCUT2D eigenvalue weighted by Crippen LogP contribution is -2.18. The van der Waals surface area contributed by atoms with Gasteiger partial charge in [0, 0.05) is 4.88 Å². The van der Waals surface area contributed by atoms with Gasteiger partial charge in [0.2, 0.25) is 0 Å². The lowest BCUT2D eigenvalue weighted by molar-refractivity contribution is 0.957. The number of anilines is 2. The number of hydrogen-bond acceptors (Lipinski definition) is 4. The fourth-order valence-electron chi connectivity index (χ4n) is 3.21. The Morgan fingerprint density at radius 2 is 1.92 bits per heavy atom. The molecule has 0 fully saturated rings. The number of thiophene rings is 1. The Morgan fingerprint density at radius 3 is 2.65 bits per heavy atom. The molecule has 128 valence electrons. The monoisotopic (exact) mass is 357 g/mol. The zero-order chi connectivity index (χ0) is 18.1. The largest absolute Gasteiger partial charge is 0.340 e. The third-order valence-electron chi connectivity index (χ3n) is 4.62. The molecule has 26 heavy (non-hydrogen) atoms. The van der Waals surface area contributed by atoms with Crippen molar-refractivity contribution in [2.24, 2.45) is 0 Å². The molecule has 1 N–H and O–H groups in total. The lowest BCUT2D eigenvalue weighted by Gasteiger charge is -2.19. The van der Waals surface area contributed by atoms with Gasteiger partial charge >= 0.3 is 0 Å². The maximum Gasteiger partial charge on any atom is 0.121 e. The second-order valence-corrected chi connectivity index (χ2v) is 7.41. The molecule has 3 nitrogen and oxygen atoms in total. The molecule has 3 aromatic rings. The highest BCUT2D eigenvalue weighted by Crippen LogP contribution is 2.44. The Morgan fingerprint density at radius 1 is 1.15 bits per heavy atom. The zero-order valence-electron chi connectivity index (χ0n) is 14.6. The summed E-state index contributed by atoms with van der Waals surface area (Å²) in [4.78, 5) is 3.61. The lowest BCUT2D eigenvalue weighted by atomic mass is 9.99. The molecule has 0 saturated carbocycles. The second-order valence-electron chi connectivity index (χ2n) is 6.30. The maximum atomic E-state index is 9.30. The predicted octanol–water partition coefficient (Wildman–Crippen LogP) is 5.75. The molecule has 0 saturated heterocycles. The van der Waals surface area contributed by atoms with Crippen LogP contribution in [-0.2, 0) is 13.0 Å². The Bertz CT molecular complexity index is 1010. The van der Waals surface area contributed by atoms with Crippen LogP contribution < -0.4 is 10.2 Å². The predicted molar refractivity (Wildman–Crippen MR) is 109 cm³/mol. The van der Waals surface area contributed by atoms with Crippen molar-refractivity contribution in [3.63, 3.8) is 0 Å². The fraction of sp³-hybridized carbons (Fsp3) is 0.136. The van der Waals surface area contributed by atoms with Crippen molar-refractivity contribution < 1.29 is 0 Å². The average molecular weight is 357 g/mol. The van der Waals surface area contributed by atoms with Crippen LogP contribution in [0.1, 0.15) is 22.9 Å². The molecule has 0 unspecified atom stereocenters. The normalized spacial score (nSPS) is 12.6. The molecule has 1 aliphatic rings. The zero-order valence-corrected chi connectivity index (χ0v) is 15.4. The van der Waals surface area contributed by atoms with E-state index in [4.69, 9.17) is 0 Å². The van der Waals surface area contributed by atoms with E-state index in [-0.39, 0.29) is 0 Å². The molecule has 0 radical (unpaired) electrons. The van der Waals surface area contributed by atoms with E-state index in [0.717, 1.165) is 35.6 Å². The summed E-state index contributed by atoms with van der Waals surface area (Å²) < 4.78 is 0. The van der Waals surface area contributed by atoms with Crippen LogP contribution in [0.2, 0.25) is 0 Å². The molecule has 2 aromatic carbocycles. The summed E-state index contributed by atoms with van der Waals surface area (Å²) in [5, 5.41) is 13.9. The summed E-state index contributed by atoms with van der Waals surface area (Å²) in [7, 11) is 0. The molecule has 0 amide bonds. The van der Waals surface area contributed by atoms with Gasteiger partial charge in [0.1, 0.15) is 10.8 Å². The van der Waals surface area contributed by atoms with Gasteiger partial charge in [-0.05, 0) is 35.2 Å². The van der Waals surface area contributed by atoms with Crippen LogP contribution in [0.25, 0.3) is 11.1 Å².